The van der Waals surface area contributed by atoms with Gasteiger partial charge in [-0.05, 0) is 106 Å². The van der Waals surface area contributed by atoms with Gasteiger partial charge in [-0.25, -0.2) is 0 Å². The van der Waals surface area contributed by atoms with Gasteiger partial charge in [0.15, 0.2) is 0 Å². The second-order valence-corrected chi connectivity index (χ2v) is 16.2. The largest absolute Gasteiger partial charge is 0.462 e. The number of aliphatic hydroxyl groups is 3. The summed E-state index contributed by atoms with van der Waals surface area (Å²) in [5.41, 5.74) is -1.66. The van der Waals surface area contributed by atoms with Crippen LogP contribution in [-0.2, 0) is 9.53 Å². The van der Waals surface area contributed by atoms with Crippen molar-refractivity contribution in [3.8, 4) is 0 Å². The van der Waals surface area contributed by atoms with E-state index in [9.17, 15) is 20.1 Å². The Bertz CT molecular complexity index is 938. The molecule has 0 spiro atoms. The molecule has 0 radical (unpaired) electrons. The predicted molar refractivity (Wildman–Crippen MR) is 144 cm³/mol. The van der Waals surface area contributed by atoms with Gasteiger partial charge in [-0.15, -0.1) is 0 Å². The minimum absolute atomic E-state index is 0.0187. The molecule has 5 fully saturated rings. The van der Waals surface area contributed by atoms with Crippen LogP contribution in [0, 0.1) is 56.7 Å². The zero-order chi connectivity index (χ0) is 27.6. The Hall–Kier alpha value is -0.650. The van der Waals surface area contributed by atoms with Crippen LogP contribution < -0.4 is 0 Å². The molecule has 0 bridgehead atoms. The van der Waals surface area contributed by atoms with Crippen LogP contribution in [0.3, 0.4) is 0 Å². The van der Waals surface area contributed by atoms with E-state index >= 15 is 0 Å². The second kappa shape index (κ2) is 8.19. The number of carbonyl (C=O) groups is 1. The lowest BCUT2D eigenvalue weighted by atomic mass is 9.30. The lowest BCUT2D eigenvalue weighted by Crippen LogP contribution is -2.74. The van der Waals surface area contributed by atoms with Crippen LogP contribution in [0.1, 0.15) is 114 Å². The fourth-order valence-electron chi connectivity index (χ4n) is 12.3. The molecule has 3 N–H and O–H groups in total. The van der Waals surface area contributed by atoms with E-state index in [1.165, 1.54) is 6.92 Å². The predicted octanol–water partition coefficient (Wildman–Crippen LogP) is 5.73. The molecule has 5 nitrogen and oxygen atoms in total. The van der Waals surface area contributed by atoms with Crippen molar-refractivity contribution in [2.24, 2.45) is 56.7 Å². The molecule has 0 aromatic carbocycles. The Morgan fingerprint density at radius 3 is 1.84 bits per heavy atom. The second-order valence-electron chi connectivity index (χ2n) is 16.2. The van der Waals surface area contributed by atoms with E-state index in [-0.39, 0.29) is 45.6 Å². The molecule has 5 saturated carbocycles. The van der Waals surface area contributed by atoms with E-state index in [2.05, 4.69) is 41.5 Å². The molecule has 0 aromatic rings. The summed E-state index contributed by atoms with van der Waals surface area (Å²) in [6.07, 6.45) is 6.37. The first-order valence-electron chi connectivity index (χ1n) is 15.1. The highest BCUT2D eigenvalue weighted by Gasteiger charge is 2.75. The number of fused-ring (bicyclic) bond motifs is 7. The molecule has 37 heavy (non-hydrogen) atoms. The van der Waals surface area contributed by atoms with Gasteiger partial charge in [-0.1, -0.05) is 41.5 Å². The molecule has 212 valence electrons. The van der Waals surface area contributed by atoms with Crippen LogP contribution in [0.25, 0.3) is 0 Å². The van der Waals surface area contributed by atoms with Gasteiger partial charge >= 0.3 is 5.97 Å². The van der Waals surface area contributed by atoms with Crippen LogP contribution in [0.2, 0.25) is 0 Å². The average Bonchev–Trinajstić information content (AvgIpc) is 3.11. The number of aliphatic hydroxyl groups excluding tert-OH is 2. The minimum Gasteiger partial charge on any atom is -0.462 e. The normalized spacial score (nSPS) is 54.9. The van der Waals surface area contributed by atoms with Crippen molar-refractivity contribution in [2.75, 3.05) is 0 Å². The molecule has 0 saturated heterocycles. The van der Waals surface area contributed by atoms with E-state index in [1.807, 2.05) is 13.8 Å². The fraction of sp³-hybridized carbons (Fsp3) is 0.969. The van der Waals surface area contributed by atoms with Gasteiger partial charge in [0.1, 0.15) is 6.10 Å². The van der Waals surface area contributed by atoms with Crippen molar-refractivity contribution in [3.05, 3.63) is 0 Å². The highest BCUT2D eigenvalue weighted by Crippen LogP contribution is 2.78. The first-order valence-corrected chi connectivity index (χ1v) is 15.1. The van der Waals surface area contributed by atoms with Crippen LogP contribution in [0.5, 0.6) is 0 Å². The molecular formula is C32H54O5. The number of esters is 1. The van der Waals surface area contributed by atoms with Crippen molar-refractivity contribution in [2.45, 2.75) is 138 Å². The van der Waals surface area contributed by atoms with Gasteiger partial charge in [0.25, 0.3) is 0 Å². The average molecular weight is 519 g/mol. The maximum atomic E-state index is 12.2. The van der Waals surface area contributed by atoms with Crippen LogP contribution in [0.4, 0.5) is 0 Å². The number of hydrogen-bond donors (Lipinski definition) is 3. The van der Waals surface area contributed by atoms with E-state index in [0.29, 0.717) is 30.6 Å². The van der Waals surface area contributed by atoms with Gasteiger partial charge in [0, 0.05) is 23.2 Å². The summed E-state index contributed by atoms with van der Waals surface area (Å²) < 4.78 is 5.84. The van der Waals surface area contributed by atoms with Crippen molar-refractivity contribution in [1.82, 2.24) is 0 Å². The number of hydrogen-bond acceptors (Lipinski definition) is 5. The van der Waals surface area contributed by atoms with Crippen molar-refractivity contribution in [3.63, 3.8) is 0 Å². The summed E-state index contributed by atoms with van der Waals surface area (Å²) >= 11 is 0. The van der Waals surface area contributed by atoms with Crippen LogP contribution in [-0.4, -0.2) is 45.2 Å². The summed E-state index contributed by atoms with van der Waals surface area (Å²) in [5, 5.41) is 35.3. The Morgan fingerprint density at radius 1 is 0.784 bits per heavy atom. The van der Waals surface area contributed by atoms with Gasteiger partial charge < -0.3 is 20.1 Å². The Labute approximate surface area is 225 Å². The third kappa shape index (κ3) is 3.41. The van der Waals surface area contributed by atoms with Gasteiger partial charge in [-0.2, -0.15) is 0 Å². The van der Waals surface area contributed by atoms with Gasteiger partial charge in [0.2, 0.25) is 0 Å². The van der Waals surface area contributed by atoms with Crippen LogP contribution >= 0.6 is 0 Å². The Morgan fingerprint density at radius 2 is 1.30 bits per heavy atom. The molecule has 0 aliphatic heterocycles. The summed E-state index contributed by atoms with van der Waals surface area (Å²) in [6, 6.07) is 0. The SMILES string of the molecule is CC(=O)OC1CCC2(C)C(CC(O)C3(C)C2CCC2C4(C)CCC(C(C)(C)O)C4CC(O)C23C)C1(C)C. The molecule has 12 unspecified atom stereocenters. The monoisotopic (exact) mass is 518 g/mol. The zero-order valence-electron chi connectivity index (χ0n) is 24.9. The highest BCUT2D eigenvalue weighted by molar-refractivity contribution is 5.66. The lowest BCUT2D eigenvalue weighted by Gasteiger charge is -2.75. The summed E-state index contributed by atoms with van der Waals surface area (Å²) in [6.45, 7) is 19.4. The number of rotatable bonds is 2. The third-order valence-corrected chi connectivity index (χ3v) is 14.3. The molecule has 5 rings (SSSR count). The standard InChI is InChI=1S/C32H54O5/c1-18(33)37-26-13-15-30(7)22-11-10-21-29(6)14-12-19(28(4,5)36)20(29)16-24(34)31(21,8)32(22,9)25(35)17-23(30)27(26,2)3/h19-26,34-36H,10-17H2,1-9H3. The quantitative estimate of drug-likeness (QED) is 0.406. The van der Waals surface area contributed by atoms with Gasteiger partial charge in [0.05, 0.1) is 17.8 Å². The smallest absolute Gasteiger partial charge is 0.302 e. The molecule has 12 atom stereocenters. The van der Waals surface area contributed by atoms with Crippen molar-refractivity contribution in [1.29, 1.82) is 0 Å². The summed E-state index contributed by atoms with van der Waals surface area (Å²) in [5.74, 6) is 1.17. The summed E-state index contributed by atoms with van der Waals surface area (Å²) in [4.78, 5) is 11.9. The van der Waals surface area contributed by atoms with Crippen LogP contribution in [0.15, 0.2) is 0 Å². The fourth-order valence-corrected chi connectivity index (χ4v) is 12.3. The first kappa shape index (κ1) is 27.9. The Kier molecular flexibility index (Phi) is 6.18. The highest BCUT2D eigenvalue weighted by atomic mass is 16.5. The topological polar surface area (TPSA) is 87.0 Å². The van der Waals surface area contributed by atoms with E-state index in [4.69, 9.17) is 4.74 Å². The maximum absolute atomic E-state index is 12.2. The number of ether oxygens (including phenoxy) is 1. The van der Waals surface area contributed by atoms with E-state index in [0.717, 1.165) is 38.5 Å². The Balaban J connectivity index is 1.55. The maximum Gasteiger partial charge on any atom is 0.302 e. The zero-order valence-corrected chi connectivity index (χ0v) is 24.9. The number of carbonyl (C=O) groups excluding carboxylic acids is 1. The van der Waals surface area contributed by atoms with Gasteiger partial charge in [-0.3, -0.25) is 4.79 Å². The summed E-state index contributed by atoms with van der Waals surface area (Å²) in [7, 11) is 0. The van der Waals surface area contributed by atoms with E-state index in [1.54, 1.807) is 0 Å². The minimum atomic E-state index is -0.742. The lowest BCUT2D eigenvalue weighted by molar-refractivity contribution is -0.311. The molecule has 0 amide bonds. The molecule has 0 heterocycles. The first-order chi connectivity index (χ1) is 16.9. The molecule has 0 aromatic heterocycles. The van der Waals surface area contributed by atoms with Crippen molar-refractivity contribution < 1.29 is 24.9 Å². The van der Waals surface area contributed by atoms with E-state index < -0.39 is 23.2 Å². The molecule has 5 aliphatic rings. The third-order valence-electron chi connectivity index (χ3n) is 14.3. The molecular weight excluding hydrogens is 464 g/mol. The molecule has 5 aliphatic carbocycles. The molecule has 5 heteroatoms. The van der Waals surface area contributed by atoms with Crippen molar-refractivity contribution >= 4 is 5.97 Å².